The Labute approximate surface area is 181 Å². The van der Waals surface area contributed by atoms with E-state index >= 15 is 0 Å². The molecule has 0 unspecified atom stereocenters. The molecule has 31 heavy (non-hydrogen) atoms. The van der Waals surface area contributed by atoms with Gasteiger partial charge in [-0.3, -0.25) is 9.78 Å². The summed E-state index contributed by atoms with van der Waals surface area (Å²) in [5, 5.41) is 0. The number of hydrogen-bond acceptors (Lipinski definition) is 5. The highest BCUT2D eigenvalue weighted by Gasteiger charge is 2.31. The number of rotatable bonds is 5. The lowest BCUT2D eigenvalue weighted by molar-refractivity contribution is -0.134. The zero-order chi connectivity index (χ0) is 21.8. The van der Waals surface area contributed by atoms with Crippen molar-refractivity contribution >= 4 is 11.9 Å². The molecule has 0 N–H and O–H groups in total. The summed E-state index contributed by atoms with van der Waals surface area (Å²) in [5.74, 6) is 0.166. The van der Waals surface area contributed by atoms with Crippen molar-refractivity contribution in [3.05, 3.63) is 72.1 Å². The molecule has 0 radical (unpaired) electrons. The average molecular weight is 420 g/mol. The monoisotopic (exact) mass is 419 g/mol. The number of likely N-dealkylation sites (tertiary alicyclic amines) is 1. The van der Waals surface area contributed by atoms with Crippen molar-refractivity contribution in [1.82, 2.24) is 19.9 Å². The number of nitrogens with zero attached hydrogens (tertiary/aromatic N) is 5. The van der Waals surface area contributed by atoms with E-state index in [0.29, 0.717) is 18.1 Å². The fourth-order valence-electron chi connectivity index (χ4n) is 4.03. The van der Waals surface area contributed by atoms with Gasteiger partial charge in [0.1, 0.15) is 5.82 Å². The van der Waals surface area contributed by atoms with E-state index < -0.39 is 0 Å². The number of pyridine rings is 1. The molecule has 1 aliphatic heterocycles. The van der Waals surface area contributed by atoms with E-state index in [1.165, 1.54) is 6.07 Å². The first-order valence-electron chi connectivity index (χ1n) is 10.5. The Morgan fingerprint density at radius 2 is 1.94 bits per heavy atom. The van der Waals surface area contributed by atoms with Crippen LogP contribution < -0.4 is 4.90 Å². The van der Waals surface area contributed by atoms with E-state index in [9.17, 15) is 9.18 Å². The van der Waals surface area contributed by atoms with Crippen LogP contribution in [0.25, 0.3) is 11.1 Å². The molecule has 1 saturated heterocycles. The number of piperidine rings is 1. The third-order valence-electron chi connectivity index (χ3n) is 5.64. The lowest BCUT2D eigenvalue weighted by Gasteiger charge is -2.36. The van der Waals surface area contributed by atoms with Crippen LogP contribution in [-0.4, -0.2) is 46.4 Å². The van der Waals surface area contributed by atoms with Crippen molar-refractivity contribution in [2.45, 2.75) is 31.7 Å². The number of carbonyl (C=O) groups is 1. The summed E-state index contributed by atoms with van der Waals surface area (Å²) in [6.45, 7) is 0.634. The van der Waals surface area contributed by atoms with E-state index in [-0.39, 0.29) is 24.2 Å². The minimum Gasteiger partial charge on any atom is -0.347 e. The van der Waals surface area contributed by atoms with Crippen LogP contribution in [0.3, 0.4) is 0 Å². The summed E-state index contributed by atoms with van der Waals surface area (Å²) in [5.41, 5.74) is 3.10. The van der Waals surface area contributed by atoms with Crippen LogP contribution in [0.5, 0.6) is 0 Å². The van der Waals surface area contributed by atoms with Gasteiger partial charge in [0.25, 0.3) is 0 Å². The third-order valence-corrected chi connectivity index (χ3v) is 5.64. The van der Waals surface area contributed by atoms with Gasteiger partial charge in [-0.25, -0.2) is 14.4 Å². The van der Waals surface area contributed by atoms with Crippen LogP contribution in [0.1, 0.15) is 36.6 Å². The van der Waals surface area contributed by atoms with Gasteiger partial charge < -0.3 is 9.80 Å². The van der Waals surface area contributed by atoms with Gasteiger partial charge in [-0.2, -0.15) is 0 Å². The highest BCUT2D eigenvalue weighted by atomic mass is 19.1. The molecule has 2 aromatic heterocycles. The van der Waals surface area contributed by atoms with Crippen molar-refractivity contribution in [2.75, 3.05) is 25.5 Å². The zero-order valence-corrected chi connectivity index (χ0v) is 17.8. The maximum atomic E-state index is 14.2. The van der Waals surface area contributed by atoms with Gasteiger partial charge in [0.2, 0.25) is 11.9 Å². The van der Waals surface area contributed by atoms with Gasteiger partial charge in [0.05, 0.1) is 18.2 Å². The SMILES string of the molecule is CN(C)c1ncc(-c2ccncc2)c([C@H]2CCCCN2C(=O)Cc2ccccc2F)n1. The van der Waals surface area contributed by atoms with E-state index in [4.69, 9.17) is 4.98 Å². The first-order valence-corrected chi connectivity index (χ1v) is 10.5. The zero-order valence-electron chi connectivity index (χ0n) is 17.8. The second-order valence-corrected chi connectivity index (χ2v) is 7.97. The highest BCUT2D eigenvalue weighted by molar-refractivity contribution is 5.80. The summed E-state index contributed by atoms with van der Waals surface area (Å²) >= 11 is 0. The molecule has 1 aromatic carbocycles. The Balaban J connectivity index is 1.72. The van der Waals surface area contributed by atoms with Gasteiger partial charge in [-0.05, 0) is 48.6 Å². The molecule has 7 heteroatoms. The maximum absolute atomic E-state index is 14.2. The fourth-order valence-corrected chi connectivity index (χ4v) is 4.03. The molecule has 0 saturated carbocycles. The number of anilines is 1. The lowest BCUT2D eigenvalue weighted by Crippen LogP contribution is -2.40. The van der Waals surface area contributed by atoms with E-state index in [0.717, 1.165) is 36.1 Å². The Morgan fingerprint density at radius 3 is 2.68 bits per heavy atom. The highest BCUT2D eigenvalue weighted by Crippen LogP contribution is 2.36. The van der Waals surface area contributed by atoms with Crippen LogP contribution >= 0.6 is 0 Å². The number of aromatic nitrogens is 3. The van der Waals surface area contributed by atoms with Crippen molar-refractivity contribution < 1.29 is 9.18 Å². The Hall–Kier alpha value is -3.35. The predicted octanol–water partition coefficient (Wildman–Crippen LogP) is 4.04. The number of halogens is 1. The normalized spacial score (nSPS) is 16.2. The minimum absolute atomic E-state index is 0.0411. The summed E-state index contributed by atoms with van der Waals surface area (Å²) < 4.78 is 14.2. The van der Waals surface area contributed by atoms with Crippen LogP contribution in [-0.2, 0) is 11.2 Å². The Morgan fingerprint density at radius 1 is 1.16 bits per heavy atom. The van der Waals surface area contributed by atoms with Gasteiger partial charge in [-0.1, -0.05) is 18.2 Å². The maximum Gasteiger partial charge on any atom is 0.227 e. The lowest BCUT2D eigenvalue weighted by atomic mass is 9.93. The number of amides is 1. The van der Waals surface area contributed by atoms with Gasteiger partial charge in [0.15, 0.2) is 0 Å². The average Bonchev–Trinajstić information content (AvgIpc) is 2.80. The molecule has 0 bridgehead atoms. The molecule has 1 amide bonds. The van der Waals surface area contributed by atoms with Crippen molar-refractivity contribution in [1.29, 1.82) is 0 Å². The van der Waals surface area contributed by atoms with Crippen LogP contribution in [0.4, 0.5) is 10.3 Å². The second kappa shape index (κ2) is 9.20. The summed E-state index contributed by atoms with van der Waals surface area (Å²) in [4.78, 5) is 30.4. The van der Waals surface area contributed by atoms with Gasteiger partial charge in [-0.15, -0.1) is 0 Å². The predicted molar refractivity (Wildman–Crippen MR) is 118 cm³/mol. The van der Waals surface area contributed by atoms with Gasteiger partial charge in [0, 0.05) is 44.8 Å². The third kappa shape index (κ3) is 4.55. The van der Waals surface area contributed by atoms with E-state index in [1.807, 2.05) is 42.2 Å². The van der Waals surface area contributed by atoms with Crippen molar-refractivity contribution in [2.24, 2.45) is 0 Å². The summed E-state index contributed by atoms with van der Waals surface area (Å²) in [6, 6.07) is 10.1. The standard InChI is InChI=1S/C24H26FN5O/c1-29(2)24-27-16-19(17-10-12-26-13-11-17)23(28-24)21-9-5-6-14-30(21)22(31)15-18-7-3-4-8-20(18)25/h3-4,7-8,10-13,16,21H,5-6,9,14-15H2,1-2H3/t21-/m1/s1. The Kier molecular flexibility index (Phi) is 6.21. The topological polar surface area (TPSA) is 62.2 Å². The van der Waals surface area contributed by atoms with Crippen LogP contribution in [0.2, 0.25) is 0 Å². The smallest absolute Gasteiger partial charge is 0.227 e. The Bertz CT molecular complexity index is 1060. The quantitative estimate of drug-likeness (QED) is 0.625. The molecule has 1 atom stereocenters. The van der Waals surface area contributed by atoms with E-state index in [1.54, 1.807) is 30.6 Å². The molecule has 0 spiro atoms. The molecule has 1 fully saturated rings. The van der Waals surface area contributed by atoms with Crippen LogP contribution in [0, 0.1) is 5.82 Å². The molecule has 0 aliphatic carbocycles. The summed E-state index contributed by atoms with van der Waals surface area (Å²) in [6.07, 6.45) is 8.08. The summed E-state index contributed by atoms with van der Waals surface area (Å²) in [7, 11) is 3.79. The first kappa shape index (κ1) is 20.9. The molecule has 3 heterocycles. The molecular weight excluding hydrogens is 393 g/mol. The molecule has 3 aromatic rings. The largest absolute Gasteiger partial charge is 0.347 e. The minimum atomic E-state index is -0.348. The van der Waals surface area contributed by atoms with E-state index in [2.05, 4.69) is 9.97 Å². The number of carbonyl (C=O) groups excluding carboxylic acids is 1. The second-order valence-electron chi connectivity index (χ2n) is 7.97. The molecule has 1 aliphatic rings. The van der Waals surface area contributed by atoms with Crippen molar-refractivity contribution in [3.63, 3.8) is 0 Å². The van der Waals surface area contributed by atoms with Gasteiger partial charge >= 0.3 is 0 Å². The van der Waals surface area contributed by atoms with Crippen LogP contribution in [0.15, 0.2) is 55.0 Å². The molecule has 4 rings (SSSR count). The van der Waals surface area contributed by atoms with Crippen molar-refractivity contribution in [3.8, 4) is 11.1 Å². The number of benzene rings is 1. The molecule has 6 nitrogen and oxygen atoms in total. The molecule has 160 valence electrons. The first-order chi connectivity index (χ1) is 15.0. The fraction of sp³-hybridized carbons (Fsp3) is 0.333. The number of hydrogen-bond donors (Lipinski definition) is 0. The molecular formula is C24H26FN5O.